The first-order chi connectivity index (χ1) is 10.4. The molecular weight excluding hydrogens is 290 g/mol. The van der Waals surface area contributed by atoms with Crippen molar-refractivity contribution in [3.63, 3.8) is 0 Å². The number of aliphatic hydroxyl groups excluding tert-OH is 4. The molecule has 3 atom stereocenters. The van der Waals surface area contributed by atoms with Gasteiger partial charge in [0.15, 0.2) is 0 Å². The molecule has 0 saturated heterocycles. The van der Waals surface area contributed by atoms with E-state index in [4.69, 9.17) is 20.7 Å². The van der Waals surface area contributed by atoms with Gasteiger partial charge in [-0.05, 0) is 30.2 Å². The molecule has 1 rings (SSSR count). The largest absolute Gasteiger partial charge is 0.456 e. The first-order valence-electron chi connectivity index (χ1n) is 7.10. The van der Waals surface area contributed by atoms with E-state index in [9.17, 15) is 15.0 Å². The van der Waals surface area contributed by atoms with E-state index in [0.29, 0.717) is 17.7 Å². The van der Waals surface area contributed by atoms with Gasteiger partial charge in [0.2, 0.25) is 0 Å². The monoisotopic (exact) mass is 313 g/mol. The summed E-state index contributed by atoms with van der Waals surface area (Å²) in [7, 11) is 0. The SMILES string of the molecule is CCC(OC(=O)c1ccc(N)cc1CC(O)CO)C(O)CO. The Balaban J connectivity index is 2.96. The summed E-state index contributed by atoms with van der Waals surface area (Å²) in [6.45, 7) is 0.768. The molecule has 0 fully saturated rings. The zero-order valence-corrected chi connectivity index (χ0v) is 12.5. The van der Waals surface area contributed by atoms with Crippen molar-refractivity contribution in [1.29, 1.82) is 0 Å². The molecule has 0 amide bonds. The summed E-state index contributed by atoms with van der Waals surface area (Å²) < 4.78 is 5.20. The lowest BCUT2D eigenvalue weighted by Gasteiger charge is -2.21. The number of hydrogen-bond donors (Lipinski definition) is 5. The summed E-state index contributed by atoms with van der Waals surface area (Å²) in [6, 6.07) is 4.52. The average molecular weight is 313 g/mol. The summed E-state index contributed by atoms with van der Waals surface area (Å²) in [6.07, 6.45) is -2.61. The van der Waals surface area contributed by atoms with E-state index < -0.39 is 37.5 Å². The van der Waals surface area contributed by atoms with Gasteiger partial charge in [-0.25, -0.2) is 4.79 Å². The Morgan fingerprint density at radius 3 is 2.50 bits per heavy atom. The fourth-order valence-electron chi connectivity index (χ4n) is 2.05. The lowest BCUT2D eigenvalue weighted by molar-refractivity contribution is -0.0382. The van der Waals surface area contributed by atoms with Gasteiger partial charge in [0.1, 0.15) is 12.2 Å². The second-order valence-electron chi connectivity index (χ2n) is 5.06. The highest BCUT2D eigenvalue weighted by Crippen LogP contribution is 2.18. The number of carbonyl (C=O) groups is 1. The number of hydrogen-bond acceptors (Lipinski definition) is 7. The molecule has 1 aromatic rings. The average Bonchev–Trinajstić information content (AvgIpc) is 2.51. The first kappa shape index (κ1) is 18.4. The van der Waals surface area contributed by atoms with E-state index in [1.165, 1.54) is 18.2 Å². The van der Waals surface area contributed by atoms with Crippen LogP contribution in [0.2, 0.25) is 0 Å². The number of nitrogen functional groups attached to an aromatic ring is 1. The van der Waals surface area contributed by atoms with Crippen molar-refractivity contribution in [2.45, 2.75) is 38.1 Å². The Labute approximate surface area is 129 Å². The van der Waals surface area contributed by atoms with Crippen LogP contribution in [0.4, 0.5) is 5.69 Å². The lowest BCUT2D eigenvalue weighted by atomic mass is 10.0. The number of benzene rings is 1. The summed E-state index contributed by atoms with van der Waals surface area (Å²) >= 11 is 0. The Bertz CT molecular complexity index is 493. The summed E-state index contributed by atoms with van der Waals surface area (Å²) in [4.78, 5) is 12.2. The molecule has 0 bridgehead atoms. The molecule has 1 aromatic carbocycles. The Morgan fingerprint density at radius 2 is 1.95 bits per heavy atom. The third kappa shape index (κ3) is 4.96. The van der Waals surface area contributed by atoms with Gasteiger partial charge >= 0.3 is 5.97 Å². The van der Waals surface area contributed by atoms with Crippen LogP contribution < -0.4 is 5.73 Å². The van der Waals surface area contributed by atoms with Gasteiger partial charge in [0.05, 0.1) is 24.9 Å². The topological polar surface area (TPSA) is 133 Å². The second kappa shape index (κ2) is 8.70. The molecule has 0 heterocycles. The fraction of sp³-hybridized carbons (Fsp3) is 0.533. The van der Waals surface area contributed by atoms with Crippen molar-refractivity contribution >= 4 is 11.7 Å². The minimum atomic E-state index is -1.16. The molecule has 0 aliphatic heterocycles. The van der Waals surface area contributed by atoms with Gasteiger partial charge < -0.3 is 30.9 Å². The fourth-order valence-corrected chi connectivity index (χ4v) is 2.05. The maximum Gasteiger partial charge on any atom is 0.338 e. The predicted octanol–water partition coefficient (Wildman–Crippen LogP) is -0.547. The molecule has 0 saturated carbocycles. The minimum absolute atomic E-state index is 0.0469. The first-order valence-corrected chi connectivity index (χ1v) is 7.10. The van der Waals surface area contributed by atoms with Gasteiger partial charge in [0, 0.05) is 12.1 Å². The molecule has 0 aliphatic rings. The van der Waals surface area contributed by atoms with Crippen LogP contribution in [0.3, 0.4) is 0 Å². The molecule has 0 spiro atoms. The van der Waals surface area contributed by atoms with E-state index in [2.05, 4.69) is 0 Å². The van der Waals surface area contributed by atoms with E-state index in [1.54, 1.807) is 6.92 Å². The van der Waals surface area contributed by atoms with Crippen molar-refractivity contribution < 1.29 is 30.0 Å². The second-order valence-corrected chi connectivity index (χ2v) is 5.06. The molecular formula is C15H23NO6. The maximum atomic E-state index is 12.2. The van der Waals surface area contributed by atoms with E-state index in [1.807, 2.05) is 0 Å². The molecule has 22 heavy (non-hydrogen) atoms. The standard InChI is InChI=1S/C15H23NO6/c1-2-14(13(20)8-18)22-15(21)12-4-3-10(16)5-9(12)6-11(19)7-17/h3-5,11,13-14,17-20H,2,6-8,16H2,1H3. The normalized spacial score (nSPS) is 15.1. The summed E-state index contributed by atoms with van der Waals surface area (Å²) in [5.74, 6) is -0.681. The highest BCUT2D eigenvalue weighted by molar-refractivity contribution is 5.91. The molecule has 0 aromatic heterocycles. The van der Waals surface area contributed by atoms with Crippen molar-refractivity contribution in [1.82, 2.24) is 0 Å². The Kier molecular flexibility index (Phi) is 7.26. The van der Waals surface area contributed by atoms with Crippen molar-refractivity contribution in [2.24, 2.45) is 0 Å². The number of esters is 1. The van der Waals surface area contributed by atoms with Crippen LogP contribution in [-0.2, 0) is 11.2 Å². The molecule has 3 unspecified atom stereocenters. The number of rotatable bonds is 8. The quantitative estimate of drug-likeness (QED) is 0.321. The maximum absolute atomic E-state index is 12.2. The molecule has 0 aliphatic carbocycles. The predicted molar refractivity (Wildman–Crippen MR) is 80.2 cm³/mol. The van der Waals surface area contributed by atoms with Gasteiger partial charge in [-0.2, -0.15) is 0 Å². The Hall–Kier alpha value is -1.67. The number of nitrogens with two attached hydrogens (primary N) is 1. The van der Waals surface area contributed by atoms with Gasteiger partial charge in [0.25, 0.3) is 0 Å². The van der Waals surface area contributed by atoms with Crippen LogP contribution in [-0.4, -0.2) is 57.9 Å². The molecule has 7 nitrogen and oxygen atoms in total. The van der Waals surface area contributed by atoms with E-state index in [-0.39, 0.29) is 12.0 Å². The van der Waals surface area contributed by atoms with Crippen LogP contribution in [0, 0.1) is 0 Å². The van der Waals surface area contributed by atoms with Crippen LogP contribution in [0.25, 0.3) is 0 Å². The molecule has 7 heteroatoms. The third-order valence-corrected chi connectivity index (χ3v) is 3.29. The number of aliphatic hydroxyl groups is 4. The van der Waals surface area contributed by atoms with Gasteiger partial charge in [-0.3, -0.25) is 0 Å². The highest BCUT2D eigenvalue weighted by atomic mass is 16.6. The third-order valence-electron chi connectivity index (χ3n) is 3.29. The number of anilines is 1. The molecule has 0 radical (unpaired) electrons. The van der Waals surface area contributed by atoms with Crippen molar-refractivity contribution in [2.75, 3.05) is 18.9 Å². The van der Waals surface area contributed by atoms with Crippen molar-refractivity contribution in [3.8, 4) is 0 Å². The van der Waals surface area contributed by atoms with Crippen LogP contribution >= 0.6 is 0 Å². The van der Waals surface area contributed by atoms with Crippen LogP contribution in [0.5, 0.6) is 0 Å². The van der Waals surface area contributed by atoms with E-state index in [0.717, 1.165) is 0 Å². The number of carbonyl (C=O) groups excluding carboxylic acids is 1. The highest BCUT2D eigenvalue weighted by Gasteiger charge is 2.23. The Morgan fingerprint density at radius 1 is 1.27 bits per heavy atom. The van der Waals surface area contributed by atoms with Crippen LogP contribution in [0.15, 0.2) is 18.2 Å². The van der Waals surface area contributed by atoms with Crippen LogP contribution in [0.1, 0.15) is 29.3 Å². The van der Waals surface area contributed by atoms with Crippen molar-refractivity contribution in [3.05, 3.63) is 29.3 Å². The zero-order valence-electron chi connectivity index (χ0n) is 12.5. The lowest BCUT2D eigenvalue weighted by Crippen LogP contribution is -2.33. The molecule has 124 valence electrons. The summed E-state index contributed by atoms with van der Waals surface area (Å²) in [5.41, 5.74) is 6.73. The summed E-state index contributed by atoms with van der Waals surface area (Å²) in [5, 5.41) is 37.0. The van der Waals surface area contributed by atoms with Gasteiger partial charge in [-0.1, -0.05) is 6.92 Å². The number of ether oxygens (including phenoxy) is 1. The smallest absolute Gasteiger partial charge is 0.338 e. The molecule has 6 N–H and O–H groups in total. The minimum Gasteiger partial charge on any atom is -0.456 e. The zero-order chi connectivity index (χ0) is 16.7. The van der Waals surface area contributed by atoms with E-state index >= 15 is 0 Å². The van der Waals surface area contributed by atoms with Gasteiger partial charge in [-0.15, -0.1) is 0 Å².